The summed E-state index contributed by atoms with van der Waals surface area (Å²) in [5.74, 6) is -0.459. The molecule has 0 unspecified atom stereocenters. The Labute approximate surface area is 82.7 Å². The molecule has 0 bridgehead atoms. The van der Waals surface area contributed by atoms with Gasteiger partial charge in [0, 0.05) is 0 Å². The third kappa shape index (κ3) is 2.09. The zero-order valence-electron chi connectivity index (χ0n) is 8.16. The van der Waals surface area contributed by atoms with Crippen molar-refractivity contribution in [2.24, 2.45) is 4.99 Å². The maximum absolute atomic E-state index is 11.6. The molecule has 1 aliphatic carbocycles. The lowest BCUT2D eigenvalue weighted by molar-refractivity contribution is -0.147. The summed E-state index contributed by atoms with van der Waals surface area (Å²) in [4.78, 5) is 25.4. The zero-order chi connectivity index (χ0) is 10.4. The van der Waals surface area contributed by atoms with Crippen molar-refractivity contribution in [2.45, 2.75) is 31.7 Å². The first-order valence-electron chi connectivity index (χ1n) is 4.69. The van der Waals surface area contributed by atoms with E-state index >= 15 is 0 Å². The predicted molar refractivity (Wildman–Crippen MR) is 50.5 cm³/mol. The van der Waals surface area contributed by atoms with Gasteiger partial charge in [0.05, 0.1) is 6.61 Å². The summed E-state index contributed by atoms with van der Waals surface area (Å²) in [6.45, 7) is 2.02. The topological polar surface area (TPSA) is 55.7 Å². The Bertz CT molecular complexity index is 292. The third-order valence-electron chi connectivity index (χ3n) is 2.20. The van der Waals surface area contributed by atoms with Gasteiger partial charge >= 0.3 is 5.97 Å². The van der Waals surface area contributed by atoms with E-state index in [0.717, 1.165) is 12.8 Å². The number of carbonyl (C=O) groups excluding carboxylic acids is 2. The van der Waals surface area contributed by atoms with Crippen molar-refractivity contribution < 1.29 is 14.3 Å². The van der Waals surface area contributed by atoms with Crippen LogP contribution in [0.5, 0.6) is 0 Å². The third-order valence-corrected chi connectivity index (χ3v) is 2.20. The lowest BCUT2D eigenvalue weighted by atomic mass is 9.88. The molecule has 14 heavy (non-hydrogen) atoms. The molecule has 0 amide bonds. The number of carbonyl (C=O) groups is 1. The van der Waals surface area contributed by atoms with Crippen LogP contribution in [0.2, 0.25) is 0 Å². The van der Waals surface area contributed by atoms with Gasteiger partial charge in [-0.3, -0.25) is 0 Å². The van der Waals surface area contributed by atoms with E-state index in [9.17, 15) is 9.59 Å². The Hall–Kier alpha value is -1.41. The van der Waals surface area contributed by atoms with Crippen molar-refractivity contribution in [1.29, 1.82) is 0 Å². The van der Waals surface area contributed by atoms with Crippen LogP contribution in [0.25, 0.3) is 0 Å². The van der Waals surface area contributed by atoms with Crippen LogP contribution in [-0.2, 0) is 14.3 Å². The van der Waals surface area contributed by atoms with E-state index < -0.39 is 11.5 Å². The number of esters is 1. The SMILES string of the molecule is CCOC(=O)[C@@]1(N=C=O)C=CCCC1. The van der Waals surface area contributed by atoms with E-state index in [-0.39, 0.29) is 0 Å². The van der Waals surface area contributed by atoms with Crippen molar-refractivity contribution in [1.82, 2.24) is 0 Å². The number of allylic oxidation sites excluding steroid dienone is 1. The second-order valence-electron chi connectivity index (χ2n) is 3.14. The molecule has 0 aromatic heterocycles. The van der Waals surface area contributed by atoms with Crippen LogP contribution in [0.1, 0.15) is 26.2 Å². The van der Waals surface area contributed by atoms with Crippen LogP contribution in [0.3, 0.4) is 0 Å². The minimum absolute atomic E-state index is 0.294. The molecular formula is C10H13NO3. The number of aliphatic imine (C=N–C) groups is 1. The highest BCUT2D eigenvalue weighted by Crippen LogP contribution is 2.27. The van der Waals surface area contributed by atoms with Crippen molar-refractivity contribution in [3.63, 3.8) is 0 Å². The Morgan fingerprint density at radius 2 is 2.50 bits per heavy atom. The normalized spacial score (nSPS) is 25.2. The maximum Gasteiger partial charge on any atom is 0.338 e. The molecule has 1 aliphatic rings. The van der Waals surface area contributed by atoms with Gasteiger partial charge in [0.2, 0.25) is 6.08 Å². The van der Waals surface area contributed by atoms with Crippen LogP contribution in [0.15, 0.2) is 17.1 Å². The zero-order valence-corrected chi connectivity index (χ0v) is 8.16. The summed E-state index contributed by atoms with van der Waals surface area (Å²) in [6.07, 6.45) is 7.20. The molecule has 0 aromatic rings. The fourth-order valence-corrected chi connectivity index (χ4v) is 1.50. The second-order valence-corrected chi connectivity index (χ2v) is 3.14. The van der Waals surface area contributed by atoms with Gasteiger partial charge in [-0.2, -0.15) is 4.99 Å². The first-order valence-corrected chi connectivity index (χ1v) is 4.69. The van der Waals surface area contributed by atoms with Gasteiger partial charge in [-0.1, -0.05) is 6.08 Å². The molecule has 1 atom stereocenters. The number of isocyanates is 1. The molecule has 0 aromatic carbocycles. The van der Waals surface area contributed by atoms with Crippen LogP contribution in [0.4, 0.5) is 0 Å². The van der Waals surface area contributed by atoms with Gasteiger partial charge in [-0.15, -0.1) is 0 Å². The second kappa shape index (κ2) is 4.72. The van der Waals surface area contributed by atoms with E-state index in [1.54, 1.807) is 13.0 Å². The maximum atomic E-state index is 11.6. The molecule has 0 spiro atoms. The number of hydrogen-bond donors (Lipinski definition) is 0. The first-order chi connectivity index (χ1) is 6.75. The van der Waals surface area contributed by atoms with Gasteiger partial charge in [0.1, 0.15) is 0 Å². The summed E-state index contributed by atoms with van der Waals surface area (Å²) in [5.41, 5.74) is -1.10. The summed E-state index contributed by atoms with van der Waals surface area (Å²) in [5, 5.41) is 0. The average molecular weight is 195 g/mol. The van der Waals surface area contributed by atoms with E-state index in [2.05, 4.69) is 4.99 Å². The molecule has 0 N–H and O–H groups in total. The fraction of sp³-hybridized carbons (Fsp3) is 0.600. The molecule has 0 fully saturated rings. The van der Waals surface area contributed by atoms with Gasteiger partial charge < -0.3 is 4.74 Å². The molecule has 76 valence electrons. The van der Waals surface area contributed by atoms with Crippen LogP contribution >= 0.6 is 0 Å². The predicted octanol–water partition coefficient (Wildman–Crippen LogP) is 1.36. The highest BCUT2D eigenvalue weighted by atomic mass is 16.5. The summed E-state index contributed by atoms with van der Waals surface area (Å²) >= 11 is 0. The van der Waals surface area contributed by atoms with Crippen molar-refractivity contribution in [3.8, 4) is 0 Å². The van der Waals surface area contributed by atoms with Gasteiger partial charge in [-0.05, 0) is 32.3 Å². The minimum atomic E-state index is -1.10. The molecule has 0 saturated carbocycles. The van der Waals surface area contributed by atoms with Crippen molar-refractivity contribution >= 4 is 12.0 Å². The average Bonchev–Trinajstić information content (AvgIpc) is 2.20. The number of hydrogen-bond acceptors (Lipinski definition) is 4. The standard InChI is InChI=1S/C10H13NO3/c1-2-14-9(13)10(11-8-12)6-4-3-5-7-10/h4,6H,2-3,5,7H2,1H3/t10-/m1/s1. The van der Waals surface area contributed by atoms with Crippen molar-refractivity contribution in [3.05, 3.63) is 12.2 Å². The van der Waals surface area contributed by atoms with Crippen LogP contribution in [-0.4, -0.2) is 24.2 Å². The summed E-state index contributed by atoms with van der Waals surface area (Å²) in [6, 6.07) is 0. The monoisotopic (exact) mass is 195 g/mol. The Balaban J connectivity index is 2.91. The largest absolute Gasteiger partial charge is 0.464 e. The minimum Gasteiger partial charge on any atom is -0.464 e. The molecule has 0 saturated heterocycles. The first kappa shape index (κ1) is 10.7. The lowest BCUT2D eigenvalue weighted by Crippen LogP contribution is -2.37. The molecule has 0 radical (unpaired) electrons. The number of ether oxygens (including phenoxy) is 1. The molecular weight excluding hydrogens is 182 g/mol. The highest BCUT2D eigenvalue weighted by Gasteiger charge is 2.38. The molecule has 0 heterocycles. The van der Waals surface area contributed by atoms with E-state index in [1.165, 1.54) is 6.08 Å². The number of nitrogens with zero attached hydrogens (tertiary/aromatic N) is 1. The Morgan fingerprint density at radius 1 is 1.71 bits per heavy atom. The summed E-state index contributed by atoms with van der Waals surface area (Å²) < 4.78 is 4.87. The molecule has 4 nitrogen and oxygen atoms in total. The summed E-state index contributed by atoms with van der Waals surface area (Å²) in [7, 11) is 0. The van der Waals surface area contributed by atoms with E-state index in [1.807, 2.05) is 6.08 Å². The molecule has 1 rings (SSSR count). The Kier molecular flexibility index (Phi) is 3.60. The molecule has 0 aliphatic heterocycles. The van der Waals surface area contributed by atoms with Crippen LogP contribution < -0.4 is 0 Å². The van der Waals surface area contributed by atoms with Gasteiger partial charge in [0.25, 0.3) is 0 Å². The highest BCUT2D eigenvalue weighted by molar-refractivity contribution is 5.84. The fourth-order valence-electron chi connectivity index (χ4n) is 1.50. The quantitative estimate of drug-likeness (QED) is 0.296. The van der Waals surface area contributed by atoms with Crippen molar-refractivity contribution in [2.75, 3.05) is 6.61 Å². The number of rotatable bonds is 3. The smallest absolute Gasteiger partial charge is 0.338 e. The molecule has 4 heteroatoms. The Morgan fingerprint density at radius 3 is 3.00 bits per heavy atom. The van der Waals surface area contributed by atoms with E-state index in [0.29, 0.717) is 13.0 Å². The van der Waals surface area contributed by atoms with Gasteiger partial charge in [-0.25, -0.2) is 9.59 Å². The lowest BCUT2D eigenvalue weighted by Gasteiger charge is -2.24. The van der Waals surface area contributed by atoms with E-state index in [4.69, 9.17) is 4.74 Å². The van der Waals surface area contributed by atoms with Gasteiger partial charge in [0.15, 0.2) is 5.54 Å². The van der Waals surface area contributed by atoms with Crippen LogP contribution in [0, 0.1) is 0 Å².